The predicted octanol–water partition coefficient (Wildman–Crippen LogP) is 9.88. The molecule has 0 spiro atoms. The molecular formula is C50H56Cl4F4N8O10. The molecule has 26 heteroatoms. The summed E-state index contributed by atoms with van der Waals surface area (Å²) in [6.07, 6.45) is 2.52. The minimum absolute atomic E-state index is 0. The molecule has 0 radical (unpaired) electrons. The zero-order valence-corrected chi connectivity index (χ0v) is 44.2. The lowest BCUT2D eigenvalue weighted by Crippen LogP contribution is -2.44. The van der Waals surface area contributed by atoms with Gasteiger partial charge >= 0.3 is 23.6 Å². The molecule has 2 atom stereocenters. The van der Waals surface area contributed by atoms with Crippen LogP contribution in [0, 0.1) is 35.1 Å². The van der Waals surface area contributed by atoms with Crippen LogP contribution in [0.1, 0.15) is 82.5 Å². The number of nitrogens with one attached hydrogen (secondary N) is 7. The van der Waals surface area contributed by atoms with Crippen LogP contribution in [0.3, 0.4) is 0 Å². The van der Waals surface area contributed by atoms with E-state index in [1.807, 2.05) is 0 Å². The first-order valence-electron chi connectivity index (χ1n) is 23.8. The number of urea groups is 1. The van der Waals surface area contributed by atoms with Gasteiger partial charge in [-0.2, -0.15) is 0 Å². The molecule has 4 aliphatic rings. The summed E-state index contributed by atoms with van der Waals surface area (Å²) in [6.45, 7) is 3.72. The summed E-state index contributed by atoms with van der Waals surface area (Å²) in [5.74, 6) is -3.19. The first kappa shape index (κ1) is 60.4. The van der Waals surface area contributed by atoms with Gasteiger partial charge in [-0.3, -0.25) is 14.4 Å². The van der Waals surface area contributed by atoms with E-state index >= 15 is 0 Å². The fourth-order valence-electron chi connectivity index (χ4n) is 8.41. The standard InChI is InChI=1S/C25H27ClF2N4O5.C23H24ClF2N3O4.C2H4ClNO.ClH/c1-29-24(34)32-9-6-14(7-10-32)13-37-25(35)31-20-8-11-36-22-16(3-5-19(28)21(20)22)23(33)30-15-2-4-18(27)17(26)12-15;24-16-11-14(1-3-17(16)25)28-22(30)15-2-4-18(26)20-19(7-10-32-21(15)20)29-23(31)33-12-13-5-8-27-9-6-13;1-4-2(3)5;/h2-5,12,14,20H,6-11,13H2,1H3,(H,29,34)(H,30,33)(H,31,35);1-4,11,13,19,27H,5-10,12H2,(H,28,30)(H,29,31);1H3,(H,4,5);1H/t20-;19-;;/m00../s1. The summed E-state index contributed by atoms with van der Waals surface area (Å²) in [4.78, 5) is 73.5. The molecule has 76 heavy (non-hydrogen) atoms. The number of carbonyl (C=O) groups is 6. The molecule has 0 saturated carbocycles. The number of nitrogens with zero attached hydrogens (tertiary/aromatic N) is 1. The van der Waals surface area contributed by atoms with Gasteiger partial charge in [-0.15, -0.1) is 12.4 Å². The molecule has 4 aromatic carbocycles. The number of amides is 7. The van der Waals surface area contributed by atoms with Crippen molar-refractivity contribution in [3.8, 4) is 11.5 Å². The Morgan fingerprint density at radius 1 is 0.618 bits per heavy atom. The van der Waals surface area contributed by atoms with E-state index in [1.54, 1.807) is 11.9 Å². The molecule has 4 aromatic rings. The van der Waals surface area contributed by atoms with Crippen molar-refractivity contribution in [2.75, 3.05) is 77.3 Å². The Morgan fingerprint density at radius 3 is 1.42 bits per heavy atom. The molecular weight excluding hydrogens is 1090 g/mol. The maximum absolute atomic E-state index is 14.8. The molecule has 18 nitrogen and oxygen atoms in total. The average Bonchev–Trinajstić information content (AvgIpc) is 3.40. The highest BCUT2D eigenvalue weighted by Crippen LogP contribution is 2.39. The summed E-state index contributed by atoms with van der Waals surface area (Å²) in [5.41, 5.74) is 0.805. The summed E-state index contributed by atoms with van der Waals surface area (Å²) in [7, 11) is 3.05. The van der Waals surface area contributed by atoms with E-state index in [0.29, 0.717) is 44.9 Å². The Labute approximate surface area is 456 Å². The zero-order valence-electron chi connectivity index (χ0n) is 41.1. The summed E-state index contributed by atoms with van der Waals surface area (Å²) in [5, 5.41) is 17.7. The van der Waals surface area contributed by atoms with Gasteiger partial charge < -0.3 is 61.1 Å². The summed E-state index contributed by atoms with van der Waals surface area (Å²) in [6, 6.07) is 10.7. The number of piperidine rings is 2. The van der Waals surface area contributed by atoms with E-state index in [-0.39, 0.29) is 106 Å². The van der Waals surface area contributed by atoms with Crippen molar-refractivity contribution in [2.45, 2.75) is 50.6 Å². The minimum Gasteiger partial charge on any atom is -0.492 e. The Bertz CT molecular complexity index is 2720. The van der Waals surface area contributed by atoms with E-state index in [4.69, 9.17) is 53.8 Å². The number of hydrogen-bond donors (Lipinski definition) is 7. The number of rotatable bonds is 10. The van der Waals surface area contributed by atoms with Crippen LogP contribution in [0.25, 0.3) is 0 Å². The third-order valence-corrected chi connectivity index (χ3v) is 13.2. The van der Waals surface area contributed by atoms with Crippen LogP contribution in [0.15, 0.2) is 60.7 Å². The second-order valence-electron chi connectivity index (χ2n) is 17.4. The Hall–Kier alpha value is -6.46. The minimum atomic E-state index is -0.764. The maximum atomic E-state index is 14.8. The van der Waals surface area contributed by atoms with E-state index in [0.717, 1.165) is 50.2 Å². The van der Waals surface area contributed by atoms with Gasteiger partial charge in [0.25, 0.3) is 11.8 Å². The van der Waals surface area contributed by atoms with Gasteiger partial charge in [0.15, 0.2) is 0 Å². The van der Waals surface area contributed by atoms with Crippen molar-refractivity contribution in [3.63, 3.8) is 0 Å². The van der Waals surface area contributed by atoms with E-state index < -0.39 is 64.7 Å². The topological polar surface area (TPSA) is 227 Å². The van der Waals surface area contributed by atoms with Crippen LogP contribution in [0.4, 0.5) is 48.1 Å². The highest BCUT2D eigenvalue weighted by atomic mass is 35.5. The molecule has 0 bridgehead atoms. The van der Waals surface area contributed by atoms with Crippen molar-refractivity contribution >= 4 is 94.0 Å². The van der Waals surface area contributed by atoms with Crippen LogP contribution >= 0.6 is 47.2 Å². The van der Waals surface area contributed by atoms with Crippen LogP contribution in [0.5, 0.6) is 11.5 Å². The number of likely N-dealkylation sites (tertiary alicyclic amines) is 1. The molecule has 412 valence electrons. The number of halogens is 8. The van der Waals surface area contributed by atoms with Crippen molar-refractivity contribution < 1.29 is 65.3 Å². The lowest BCUT2D eigenvalue weighted by atomic mass is 9.96. The molecule has 4 heterocycles. The monoisotopic (exact) mass is 1140 g/mol. The molecule has 8 rings (SSSR count). The SMILES string of the molecule is CNC(=O)Cl.CNC(=O)N1CCC(COC(=O)N[C@H]2CCOc3c(C(=O)Nc4ccc(F)c(Cl)c4)ccc(F)c32)CC1.Cl.O=C(N[C@H]1CCOc2c(C(=O)Nc3ccc(F)c(Cl)c3)ccc(F)c21)OCC1CCNCC1. The van der Waals surface area contributed by atoms with Gasteiger partial charge in [0.05, 0.1) is 70.8 Å². The first-order chi connectivity index (χ1) is 36.0. The Morgan fingerprint density at radius 2 is 1.03 bits per heavy atom. The van der Waals surface area contributed by atoms with Crippen molar-refractivity contribution in [2.24, 2.45) is 11.8 Å². The number of anilines is 2. The van der Waals surface area contributed by atoms with E-state index in [9.17, 15) is 46.3 Å². The summed E-state index contributed by atoms with van der Waals surface area (Å²) >= 11 is 16.3. The number of benzene rings is 4. The quantitative estimate of drug-likeness (QED) is 0.0449. The van der Waals surface area contributed by atoms with Crippen molar-refractivity contribution in [1.82, 2.24) is 31.5 Å². The molecule has 4 aliphatic heterocycles. The van der Waals surface area contributed by atoms with Gasteiger partial charge in [0.2, 0.25) is 0 Å². The van der Waals surface area contributed by atoms with Crippen molar-refractivity contribution in [3.05, 3.63) is 116 Å². The average molecular weight is 1150 g/mol. The zero-order chi connectivity index (χ0) is 54.2. The third-order valence-electron chi connectivity index (χ3n) is 12.4. The van der Waals surface area contributed by atoms with Crippen LogP contribution < -0.4 is 46.7 Å². The van der Waals surface area contributed by atoms with Gasteiger partial charge in [0, 0.05) is 51.4 Å². The maximum Gasteiger partial charge on any atom is 0.407 e. The number of hydrogen-bond acceptors (Lipinski definition) is 11. The first-order valence-corrected chi connectivity index (χ1v) is 24.9. The van der Waals surface area contributed by atoms with E-state index in [2.05, 4.69) is 37.2 Å². The van der Waals surface area contributed by atoms with Crippen LogP contribution in [0.2, 0.25) is 10.0 Å². The lowest BCUT2D eigenvalue weighted by Gasteiger charge is -2.31. The third kappa shape index (κ3) is 16.8. The lowest BCUT2D eigenvalue weighted by molar-refractivity contribution is 0.0970. The second-order valence-corrected chi connectivity index (χ2v) is 18.6. The molecule has 7 N–H and O–H groups in total. The molecule has 0 aliphatic carbocycles. The Balaban J connectivity index is 0.000000256. The molecule has 7 amide bonds. The molecule has 2 saturated heterocycles. The number of fused-ring (bicyclic) bond motifs is 2. The highest BCUT2D eigenvalue weighted by Gasteiger charge is 2.33. The van der Waals surface area contributed by atoms with Crippen molar-refractivity contribution in [1.29, 1.82) is 0 Å². The largest absolute Gasteiger partial charge is 0.492 e. The molecule has 0 unspecified atom stereocenters. The highest BCUT2D eigenvalue weighted by molar-refractivity contribution is 6.62. The normalized spacial score (nSPS) is 16.7. The van der Waals surface area contributed by atoms with Crippen LogP contribution in [-0.4, -0.2) is 107 Å². The summed E-state index contributed by atoms with van der Waals surface area (Å²) < 4.78 is 78.4. The van der Waals surface area contributed by atoms with Crippen LogP contribution in [-0.2, 0) is 9.47 Å². The van der Waals surface area contributed by atoms with Gasteiger partial charge in [-0.05, 0) is 123 Å². The van der Waals surface area contributed by atoms with Gasteiger partial charge in [-0.1, -0.05) is 23.2 Å². The fourth-order valence-corrected chi connectivity index (χ4v) is 8.77. The second kappa shape index (κ2) is 29.2. The fraction of sp³-hybridized carbons (Fsp3) is 0.400. The number of carbonyl (C=O) groups excluding carboxylic acids is 6. The van der Waals surface area contributed by atoms with Gasteiger partial charge in [0.1, 0.15) is 34.8 Å². The Kier molecular flexibility index (Phi) is 23.2. The number of ether oxygens (including phenoxy) is 4. The predicted molar refractivity (Wildman–Crippen MR) is 278 cm³/mol. The molecule has 0 aromatic heterocycles. The van der Waals surface area contributed by atoms with E-state index in [1.165, 1.54) is 43.4 Å². The smallest absolute Gasteiger partial charge is 0.407 e. The van der Waals surface area contributed by atoms with Gasteiger partial charge in [-0.25, -0.2) is 31.9 Å². The molecule has 2 fully saturated rings. The number of alkyl carbamates (subject to hydrolysis) is 2.